The largest absolute Gasteiger partial charge is 0.741 e. The molecule has 0 aliphatic rings. The van der Waals surface area contributed by atoms with E-state index in [4.69, 9.17) is 18.2 Å². The van der Waals surface area contributed by atoms with E-state index in [1.807, 2.05) is 12.1 Å². The van der Waals surface area contributed by atoms with Crippen LogP contribution in [0.1, 0.15) is 11.1 Å². The van der Waals surface area contributed by atoms with Gasteiger partial charge in [0.25, 0.3) is 0 Å². The SMILES string of the molecule is C[S+](Cc1ccc(C#N)cc1)c1ccccc1-c1c2ccccc2cc2cc3ccccc3cc12.O=S(=O)([O-])C(F)(F)F. The van der Waals surface area contributed by atoms with Gasteiger partial charge in [-0.05, 0) is 74.8 Å². The third kappa shape index (κ3) is 6.52. The minimum atomic E-state index is -6.09. The third-order valence-corrected chi connectivity index (χ3v) is 9.45. The van der Waals surface area contributed by atoms with Crippen molar-refractivity contribution in [3.63, 3.8) is 0 Å². The van der Waals surface area contributed by atoms with Gasteiger partial charge in [-0.25, -0.2) is 8.42 Å². The summed E-state index contributed by atoms with van der Waals surface area (Å²) in [5.41, 5.74) is -1.05. The summed E-state index contributed by atoms with van der Waals surface area (Å²) in [7, 11) is -6.09. The number of nitriles is 1. The van der Waals surface area contributed by atoms with E-state index >= 15 is 0 Å². The third-order valence-electron chi connectivity index (χ3n) is 7.01. The average molecular weight is 616 g/mol. The van der Waals surface area contributed by atoms with E-state index < -0.39 is 15.6 Å². The lowest BCUT2D eigenvalue weighted by atomic mass is 9.90. The van der Waals surface area contributed by atoms with Gasteiger partial charge >= 0.3 is 5.51 Å². The second-order valence-corrected chi connectivity index (χ2v) is 13.3. The summed E-state index contributed by atoms with van der Waals surface area (Å²) >= 11 is 0. The molecular weight excluding hydrogens is 592 g/mol. The van der Waals surface area contributed by atoms with Crippen LogP contribution in [0.2, 0.25) is 0 Å². The molecule has 43 heavy (non-hydrogen) atoms. The van der Waals surface area contributed by atoms with Gasteiger partial charge in [-0.15, -0.1) is 0 Å². The molecule has 0 radical (unpaired) electrons. The summed E-state index contributed by atoms with van der Waals surface area (Å²) in [5.74, 6) is 0.953. The van der Waals surface area contributed by atoms with Crippen molar-refractivity contribution < 1.29 is 26.1 Å². The van der Waals surface area contributed by atoms with Gasteiger partial charge in [0.15, 0.2) is 15.0 Å². The van der Waals surface area contributed by atoms with Crippen LogP contribution in [0.5, 0.6) is 0 Å². The zero-order valence-electron chi connectivity index (χ0n) is 22.8. The molecule has 1 atom stereocenters. The van der Waals surface area contributed by atoms with E-state index in [2.05, 4.69) is 115 Å². The van der Waals surface area contributed by atoms with E-state index in [9.17, 15) is 13.2 Å². The van der Waals surface area contributed by atoms with E-state index in [0.717, 1.165) is 5.75 Å². The van der Waals surface area contributed by atoms with Crippen molar-refractivity contribution in [2.75, 3.05) is 6.26 Å². The first kappa shape index (κ1) is 30.1. The molecule has 0 aromatic heterocycles. The normalized spacial score (nSPS) is 12.5. The Morgan fingerprint density at radius 2 is 1.28 bits per heavy atom. The van der Waals surface area contributed by atoms with Crippen LogP contribution in [-0.4, -0.2) is 24.7 Å². The molecule has 0 spiro atoms. The van der Waals surface area contributed by atoms with Crippen molar-refractivity contribution in [2.45, 2.75) is 16.2 Å². The first-order valence-electron chi connectivity index (χ1n) is 13.0. The van der Waals surface area contributed by atoms with Crippen LogP contribution < -0.4 is 0 Å². The highest BCUT2D eigenvalue weighted by Crippen LogP contribution is 2.41. The molecule has 0 N–H and O–H groups in total. The van der Waals surface area contributed by atoms with Crippen LogP contribution in [0.25, 0.3) is 43.4 Å². The first-order valence-corrected chi connectivity index (χ1v) is 16.2. The lowest BCUT2D eigenvalue weighted by Crippen LogP contribution is -2.21. The molecule has 0 aliphatic heterocycles. The molecule has 0 fully saturated rings. The topological polar surface area (TPSA) is 81.0 Å². The maximum absolute atomic E-state index is 10.7. The Hall–Kier alpha value is -4.36. The minimum absolute atomic E-state index is 0.000845. The fraction of sp³-hybridized carbons (Fsp3) is 0.0882. The monoisotopic (exact) mass is 615 g/mol. The van der Waals surface area contributed by atoms with Crippen LogP contribution in [0, 0.1) is 11.3 Å². The smallest absolute Gasteiger partial charge is 0.485 e. The highest BCUT2D eigenvalue weighted by Gasteiger charge is 2.37. The molecule has 6 rings (SSSR count). The van der Waals surface area contributed by atoms with Crippen molar-refractivity contribution in [2.24, 2.45) is 0 Å². The van der Waals surface area contributed by atoms with Gasteiger partial charge in [-0.3, -0.25) is 0 Å². The first-order chi connectivity index (χ1) is 20.5. The Morgan fingerprint density at radius 3 is 1.91 bits per heavy atom. The molecule has 0 saturated heterocycles. The molecule has 216 valence electrons. The zero-order chi connectivity index (χ0) is 30.8. The standard InChI is InChI=1S/C33H24NS.CHF3O3S/c1-35(22-24-16-14-23(21-34)15-17-24)32-13-7-6-12-30(32)33-29-11-5-4-10-27(29)19-28-18-25-8-2-3-9-26(25)20-31(28)33;2-1(3,4)8(5,6)7/h2-20H,22H2,1H3;(H,5,6,7)/q+1;/p-1. The fourth-order valence-electron chi connectivity index (χ4n) is 5.03. The predicted molar refractivity (Wildman–Crippen MR) is 167 cm³/mol. The van der Waals surface area contributed by atoms with Gasteiger partial charge in [-0.1, -0.05) is 72.8 Å². The summed E-state index contributed by atoms with van der Waals surface area (Å²) in [6, 6.07) is 43.5. The summed E-state index contributed by atoms with van der Waals surface area (Å²) in [5, 5.41) is 16.8. The van der Waals surface area contributed by atoms with Crippen molar-refractivity contribution in [1.82, 2.24) is 0 Å². The quantitative estimate of drug-likeness (QED) is 0.0862. The number of nitrogens with zero attached hydrogens (tertiary/aromatic N) is 1. The zero-order valence-corrected chi connectivity index (χ0v) is 24.4. The number of hydrogen-bond donors (Lipinski definition) is 0. The molecule has 6 aromatic carbocycles. The van der Waals surface area contributed by atoms with E-state index in [-0.39, 0.29) is 10.9 Å². The molecule has 0 saturated carbocycles. The van der Waals surface area contributed by atoms with E-state index in [1.54, 1.807) is 0 Å². The number of benzene rings is 6. The summed E-state index contributed by atoms with van der Waals surface area (Å²) in [6.07, 6.45) is 2.33. The van der Waals surface area contributed by atoms with Gasteiger partial charge in [-0.2, -0.15) is 18.4 Å². The highest BCUT2D eigenvalue weighted by atomic mass is 32.2. The lowest BCUT2D eigenvalue weighted by molar-refractivity contribution is -0.0517. The van der Waals surface area contributed by atoms with Gasteiger partial charge < -0.3 is 4.55 Å². The molecule has 0 amide bonds. The average Bonchev–Trinajstić information content (AvgIpc) is 2.98. The molecule has 0 heterocycles. The minimum Gasteiger partial charge on any atom is -0.741 e. The van der Waals surface area contributed by atoms with Crippen molar-refractivity contribution in [1.29, 1.82) is 5.26 Å². The van der Waals surface area contributed by atoms with Crippen LogP contribution in [0.3, 0.4) is 0 Å². The number of fused-ring (bicyclic) bond motifs is 3. The van der Waals surface area contributed by atoms with Crippen LogP contribution in [0.4, 0.5) is 13.2 Å². The Balaban J connectivity index is 0.000000407. The molecule has 9 heteroatoms. The van der Waals surface area contributed by atoms with Crippen molar-refractivity contribution >= 4 is 53.3 Å². The maximum atomic E-state index is 10.7. The highest BCUT2D eigenvalue weighted by molar-refractivity contribution is 7.95. The van der Waals surface area contributed by atoms with Crippen LogP contribution in [0.15, 0.2) is 120 Å². The van der Waals surface area contributed by atoms with Crippen LogP contribution in [-0.2, 0) is 26.8 Å². The van der Waals surface area contributed by atoms with Gasteiger partial charge in [0.05, 0.1) is 11.6 Å². The Kier molecular flexibility index (Phi) is 8.47. The van der Waals surface area contributed by atoms with Gasteiger partial charge in [0, 0.05) is 27.6 Å². The lowest BCUT2D eigenvalue weighted by Gasteiger charge is -2.16. The van der Waals surface area contributed by atoms with Crippen molar-refractivity contribution in [3.8, 4) is 17.2 Å². The van der Waals surface area contributed by atoms with Gasteiger partial charge in [0.1, 0.15) is 12.0 Å². The predicted octanol–water partition coefficient (Wildman–Crippen LogP) is 8.54. The molecule has 0 bridgehead atoms. The Morgan fingerprint density at radius 1 is 0.744 bits per heavy atom. The fourth-order valence-corrected chi connectivity index (χ4v) is 6.73. The number of rotatable bonds is 4. The van der Waals surface area contributed by atoms with Crippen molar-refractivity contribution in [3.05, 3.63) is 126 Å². The molecule has 1 unspecified atom stereocenters. The molecule has 6 aromatic rings. The Bertz CT molecular complexity index is 2100. The molecule has 0 aliphatic carbocycles. The van der Waals surface area contributed by atoms with Crippen LogP contribution >= 0.6 is 0 Å². The van der Waals surface area contributed by atoms with E-state index in [1.165, 1.54) is 53.9 Å². The van der Waals surface area contributed by atoms with E-state index in [0.29, 0.717) is 5.56 Å². The molecule has 4 nitrogen and oxygen atoms in total. The number of alkyl halides is 3. The second kappa shape index (κ2) is 12.1. The number of halogens is 3. The summed E-state index contributed by atoms with van der Waals surface area (Å²) < 4.78 is 58.9. The summed E-state index contributed by atoms with van der Waals surface area (Å²) in [6.45, 7) is 0. The molecular formula is C34H24F3NO3S2. The number of hydrogen-bond acceptors (Lipinski definition) is 4. The summed E-state index contributed by atoms with van der Waals surface area (Å²) in [4.78, 5) is 1.38. The Labute approximate surface area is 250 Å². The van der Waals surface area contributed by atoms with Gasteiger partial charge in [0.2, 0.25) is 0 Å². The second-order valence-electron chi connectivity index (χ2n) is 9.88. The maximum Gasteiger partial charge on any atom is 0.485 e.